The second-order valence-electron chi connectivity index (χ2n) is 3.41. The van der Waals surface area contributed by atoms with Crippen molar-refractivity contribution in [3.63, 3.8) is 0 Å². The number of amides is 2. The Balaban J connectivity index is 3.35. The highest BCUT2D eigenvalue weighted by atomic mass is 16.4. The molecule has 0 aromatic rings. The van der Waals surface area contributed by atoms with Gasteiger partial charge in [0.2, 0.25) is 11.8 Å². The fraction of sp³-hybridized carbons (Fsp3) is 0.400. The lowest BCUT2D eigenvalue weighted by Crippen LogP contribution is -2.34. The normalized spacial score (nSPS) is 17.1. The molecule has 1 fully saturated rings. The molecular weight excluding hydrogens is 230 g/mol. The quantitative estimate of drug-likeness (QED) is 0.528. The smallest absolute Gasteiger partial charge is 0.353 e. The average molecular weight is 241 g/mol. The van der Waals surface area contributed by atoms with E-state index in [0.29, 0.717) is 4.90 Å². The highest BCUT2D eigenvalue weighted by Crippen LogP contribution is 2.22. The summed E-state index contributed by atoms with van der Waals surface area (Å²) in [5, 5.41) is 17.8. The van der Waals surface area contributed by atoms with Gasteiger partial charge in [-0.25, -0.2) is 14.5 Å². The Morgan fingerprint density at radius 2 is 1.59 bits per heavy atom. The average Bonchev–Trinajstić information content (AvgIpc) is 2.54. The summed E-state index contributed by atoms with van der Waals surface area (Å²) >= 11 is 0. The van der Waals surface area contributed by atoms with E-state index in [-0.39, 0.29) is 19.3 Å². The predicted molar refractivity (Wildman–Crippen MR) is 53.7 cm³/mol. The molecule has 1 heterocycles. The third-order valence-electron chi connectivity index (χ3n) is 2.38. The zero-order valence-corrected chi connectivity index (χ0v) is 9.10. The Kier molecular flexibility index (Phi) is 3.62. The molecule has 2 amide bonds. The van der Waals surface area contributed by atoms with Crippen molar-refractivity contribution in [2.75, 3.05) is 0 Å². The number of imide groups is 1. The second kappa shape index (κ2) is 4.77. The van der Waals surface area contributed by atoms with E-state index in [9.17, 15) is 19.2 Å². The molecule has 1 saturated heterocycles. The summed E-state index contributed by atoms with van der Waals surface area (Å²) in [7, 11) is 0. The topological polar surface area (TPSA) is 112 Å². The van der Waals surface area contributed by atoms with Crippen molar-refractivity contribution >= 4 is 23.8 Å². The standard InChI is InChI=1S/C10H11NO6/c1-2-5(9(14)15)8(10(16)17)11-6(12)3-4-7(11)13/h2-4H2,1H3,(H,14,15)(H,16,17)/b8-5-. The van der Waals surface area contributed by atoms with Gasteiger partial charge in [-0.3, -0.25) is 9.59 Å². The van der Waals surface area contributed by atoms with Crippen LogP contribution in [-0.2, 0) is 19.2 Å². The lowest BCUT2D eigenvalue weighted by molar-refractivity contribution is -0.144. The molecular formula is C10H11NO6. The zero-order chi connectivity index (χ0) is 13.2. The fourth-order valence-corrected chi connectivity index (χ4v) is 1.61. The summed E-state index contributed by atoms with van der Waals surface area (Å²) in [5.74, 6) is -4.40. The van der Waals surface area contributed by atoms with E-state index in [1.54, 1.807) is 0 Å². The van der Waals surface area contributed by atoms with Gasteiger partial charge in [-0.2, -0.15) is 0 Å². The summed E-state index contributed by atoms with van der Waals surface area (Å²) < 4.78 is 0. The van der Waals surface area contributed by atoms with Crippen molar-refractivity contribution in [2.24, 2.45) is 0 Å². The maximum atomic E-state index is 11.4. The van der Waals surface area contributed by atoms with Crippen molar-refractivity contribution in [2.45, 2.75) is 26.2 Å². The number of rotatable bonds is 4. The van der Waals surface area contributed by atoms with Crippen LogP contribution in [0.3, 0.4) is 0 Å². The summed E-state index contributed by atoms with van der Waals surface area (Å²) in [6.45, 7) is 1.44. The first-order chi connectivity index (χ1) is 7.90. The van der Waals surface area contributed by atoms with Crippen LogP contribution in [-0.4, -0.2) is 38.9 Å². The van der Waals surface area contributed by atoms with E-state index in [0.717, 1.165) is 0 Å². The summed E-state index contributed by atoms with van der Waals surface area (Å²) in [4.78, 5) is 45.1. The van der Waals surface area contributed by atoms with Gasteiger partial charge in [0.1, 0.15) is 5.70 Å². The number of hydrogen-bond acceptors (Lipinski definition) is 4. The van der Waals surface area contributed by atoms with Gasteiger partial charge in [-0.05, 0) is 6.42 Å². The largest absolute Gasteiger partial charge is 0.478 e. The van der Waals surface area contributed by atoms with Crippen molar-refractivity contribution in [1.82, 2.24) is 4.90 Å². The molecule has 0 unspecified atom stereocenters. The van der Waals surface area contributed by atoms with Crippen LogP contribution in [0.4, 0.5) is 0 Å². The molecule has 17 heavy (non-hydrogen) atoms. The molecule has 2 N–H and O–H groups in total. The maximum absolute atomic E-state index is 11.4. The van der Waals surface area contributed by atoms with Crippen molar-refractivity contribution in [1.29, 1.82) is 0 Å². The van der Waals surface area contributed by atoms with Gasteiger partial charge in [-0.1, -0.05) is 6.92 Å². The Morgan fingerprint density at radius 3 is 1.88 bits per heavy atom. The lowest BCUT2D eigenvalue weighted by atomic mass is 10.1. The Bertz CT molecular complexity index is 420. The first-order valence-corrected chi connectivity index (χ1v) is 4.95. The van der Waals surface area contributed by atoms with Gasteiger partial charge in [0.05, 0.1) is 5.57 Å². The lowest BCUT2D eigenvalue weighted by Gasteiger charge is -2.16. The Labute approximate surface area is 96.3 Å². The third-order valence-corrected chi connectivity index (χ3v) is 2.38. The van der Waals surface area contributed by atoms with Gasteiger partial charge in [-0.15, -0.1) is 0 Å². The van der Waals surface area contributed by atoms with Crippen LogP contribution in [0.25, 0.3) is 0 Å². The third kappa shape index (κ3) is 2.32. The Hall–Kier alpha value is -2.18. The summed E-state index contributed by atoms with van der Waals surface area (Å²) in [6.07, 6.45) is -0.271. The van der Waals surface area contributed by atoms with E-state index < -0.39 is 35.0 Å². The van der Waals surface area contributed by atoms with Crippen LogP contribution in [0.1, 0.15) is 26.2 Å². The van der Waals surface area contributed by atoms with E-state index >= 15 is 0 Å². The molecule has 0 saturated carbocycles. The molecule has 0 aromatic heterocycles. The molecule has 7 heteroatoms. The Morgan fingerprint density at radius 1 is 1.12 bits per heavy atom. The molecule has 0 aromatic carbocycles. The van der Waals surface area contributed by atoms with Gasteiger partial charge < -0.3 is 10.2 Å². The minimum absolute atomic E-state index is 0.0893. The first kappa shape index (κ1) is 12.9. The minimum atomic E-state index is -1.59. The monoisotopic (exact) mass is 241 g/mol. The number of hydrogen-bond donors (Lipinski definition) is 2. The number of carbonyl (C=O) groups is 4. The fourth-order valence-electron chi connectivity index (χ4n) is 1.61. The first-order valence-electron chi connectivity index (χ1n) is 4.95. The molecule has 0 spiro atoms. The number of likely N-dealkylation sites (tertiary alicyclic amines) is 1. The van der Waals surface area contributed by atoms with E-state index in [1.165, 1.54) is 6.92 Å². The van der Waals surface area contributed by atoms with Crippen molar-refractivity contribution in [3.8, 4) is 0 Å². The van der Waals surface area contributed by atoms with Crippen LogP contribution >= 0.6 is 0 Å². The van der Waals surface area contributed by atoms with Crippen molar-refractivity contribution < 1.29 is 29.4 Å². The van der Waals surface area contributed by atoms with Gasteiger partial charge >= 0.3 is 11.9 Å². The molecule has 1 aliphatic heterocycles. The SMILES string of the molecule is CC/C(C(=O)O)=C(\C(=O)O)N1C(=O)CCC1=O. The van der Waals surface area contributed by atoms with Crippen LogP contribution in [0, 0.1) is 0 Å². The number of carboxylic acids is 2. The van der Waals surface area contributed by atoms with Crippen molar-refractivity contribution in [3.05, 3.63) is 11.3 Å². The molecule has 92 valence electrons. The number of nitrogens with zero attached hydrogens (tertiary/aromatic N) is 1. The maximum Gasteiger partial charge on any atom is 0.353 e. The minimum Gasteiger partial charge on any atom is -0.478 e. The van der Waals surface area contributed by atoms with Gasteiger partial charge in [0, 0.05) is 12.8 Å². The van der Waals surface area contributed by atoms with Crippen LogP contribution in [0.15, 0.2) is 11.3 Å². The molecule has 0 atom stereocenters. The number of carbonyl (C=O) groups excluding carboxylic acids is 2. The highest BCUT2D eigenvalue weighted by molar-refractivity contribution is 6.11. The molecule has 0 bridgehead atoms. The summed E-state index contributed by atoms with van der Waals surface area (Å²) in [5.41, 5.74) is -1.20. The number of carboxylic acid groups (broad SMARTS) is 2. The van der Waals surface area contributed by atoms with Crippen LogP contribution in [0.2, 0.25) is 0 Å². The van der Waals surface area contributed by atoms with E-state index in [4.69, 9.17) is 10.2 Å². The zero-order valence-electron chi connectivity index (χ0n) is 9.10. The van der Waals surface area contributed by atoms with E-state index in [1.807, 2.05) is 0 Å². The molecule has 1 aliphatic rings. The van der Waals surface area contributed by atoms with Crippen LogP contribution in [0.5, 0.6) is 0 Å². The molecule has 0 radical (unpaired) electrons. The predicted octanol–water partition coefficient (Wildman–Crippen LogP) is -0.0313. The van der Waals surface area contributed by atoms with E-state index in [2.05, 4.69) is 0 Å². The summed E-state index contributed by atoms with van der Waals surface area (Å²) in [6, 6.07) is 0. The second-order valence-corrected chi connectivity index (χ2v) is 3.41. The van der Waals surface area contributed by atoms with Gasteiger partial charge in [0.25, 0.3) is 0 Å². The molecule has 1 rings (SSSR count). The van der Waals surface area contributed by atoms with Crippen LogP contribution < -0.4 is 0 Å². The highest BCUT2D eigenvalue weighted by Gasteiger charge is 2.37. The molecule has 7 nitrogen and oxygen atoms in total. The number of aliphatic carboxylic acids is 2. The van der Waals surface area contributed by atoms with Gasteiger partial charge in [0.15, 0.2) is 0 Å². The molecule has 0 aliphatic carbocycles.